The summed E-state index contributed by atoms with van der Waals surface area (Å²) in [6.45, 7) is 2.16. The number of ether oxygens (including phenoxy) is 2. The van der Waals surface area contributed by atoms with Crippen LogP contribution in [0.2, 0.25) is 0 Å². The molecule has 0 radical (unpaired) electrons. The fourth-order valence-corrected chi connectivity index (χ4v) is 4.47. The number of amides is 2. The molecule has 1 aromatic heterocycles. The summed E-state index contributed by atoms with van der Waals surface area (Å²) in [7, 11) is 3.05. The molecule has 0 fully saturated rings. The van der Waals surface area contributed by atoms with Crippen LogP contribution < -0.4 is 20.5 Å². The number of nitrogens with one attached hydrogen (secondary N) is 1. The Morgan fingerprint density at radius 3 is 2.42 bits per heavy atom. The van der Waals surface area contributed by atoms with E-state index in [0.29, 0.717) is 33.5 Å². The molecule has 6 nitrogen and oxygen atoms in total. The molecule has 3 rings (SSSR count). The average molecular weight is 374 g/mol. The van der Waals surface area contributed by atoms with Crippen molar-refractivity contribution >= 4 is 28.2 Å². The predicted octanol–water partition coefficient (Wildman–Crippen LogP) is 3.24. The molecule has 0 aliphatic heterocycles. The fourth-order valence-electron chi connectivity index (χ4n) is 3.22. The lowest BCUT2D eigenvalue weighted by molar-refractivity contribution is 0.1000. The Kier molecular flexibility index (Phi) is 5.18. The van der Waals surface area contributed by atoms with Gasteiger partial charge in [0.05, 0.1) is 19.8 Å². The first kappa shape index (κ1) is 18.3. The first-order valence-electron chi connectivity index (χ1n) is 8.41. The second-order valence-electron chi connectivity index (χ2n) is 6.48. The fraction of sp³-hybridized carbons (Fsp3) is 0.368. The molecule has 1 aromatic carbocycles. The number of hydrogen-bond acceptors (Lipinski definition) is 5. The van der Waals surface area contributed by atoms with E-state index in [9.17, 15) is 9.59 Å². The monoisotopic (exact) mass is 374 g/mol. The van der Waals surface area contributed by atoms with Gasteiger partial charge in [0.15, 0.2) is 0 Å². The highest BCUT2D eigenvalue weighted by molar-refractivity contribution is 7.17. The third-order valence-corrected chi connectivity index (χ3v) is 5.80. The van der Waals surface area contributed by atoms with Gasteiger partial charge >= 0.3 is 0 Å². The zero-order valence-electron chi connectivity index (χ0n) is 15.0. The van der Waals surface area contributed by atoms with Crippen LogP contribution in [-0.4, -0.2) is 26.0 Å². The van der Waals surface area contributed by atoms with E-state index >= 15 is 0 Å². The molecule has 3 N–H and O–H groups in total. The number of rotatable bonds is 5. The van der Waals surface area contributed by atoms with Crippen molar-refractivity contribution in [1.29, 1.82) is 0 Å². The van der Waals surface area contributed by atoms with Crippen molar-refractivity contribution in [1.82, 2.24) is 0 Å². The van der Waals surface area contributed by atoms with Crippen LogP contribution in [0.1, 0.15) is 44.5 Å². The van der Waals surface area contributed by atoms with Gasteiger partial charge in [0.2, 0.25) is 0 Å². The van der Waals surface area contributed by atoms with Gasteiger partial charge in [0.1, 0.15) is 16.5 Å². The van der Waals surface area contributed by atoms with E-state index in [1.807, 2.05) is 0 Å². The van der Waals surface area contributed by atoms with E-state index in [1.165, 1.54) is 25.6 Å². The second kappa shape index (κ2) is 7.37. The molecular weight excluding hydrogens is 352 g/mol. The van der Waals surface area contributed by atoms with Crippen molar-refractivity contribution in [2.75, 3.05) is 19.5 Å². The predicted molar refractivity (Wildman–Crippen MR) is 102 cm³/mol. The molecule has 0 bridgehead atoms. The summed E-state index contributed by atoms with van der Waals surface area (Å²) < 4.78 is 10.4. The van der Waals surface area contributed by atoms with Gasteiger partial charge < -0.3 is 20.5 Å². The summed E-state index contributed by atoms with van der Waals surface area (Å²) >= 11 is 1.44. The van der Waals surface area contributed by atoms with Gasteiger partial charge in [-0.3, -0.25) is 9.59 Å². The number of fused-ring (bicyclic) bond motifs is 1. The Labute approximate surface area is 156 Å². The Hall–Kier alpha value is -2.54. The molecule has 0 spiro atoms. The van der Waals surface area contributed by atoms with Gasteiger partial charge in [-0.25, -0.2) is 0 Å². The van der Waals surface area contributed by atoms with E-state index in [-0.39, 0.29) is 5.91 Å². The number of anilines is 1. The molecule has 2 amide bonds. The molecule has 0 saturated heterocycles. The summed E-state index contributed by atoms with van der Waals surface area (Å²) in [6.07, 6.45) is 2.80. The van der Waals surface area contributed by atoms with Crippen LogP contribution in [0.15, 0.2) is 18.2 Å². The van der Waals surface area contributed by atoms with Gasteiger partial charge in [-0.2, -0.15) is 0 Å². The molecule has 0 unspecified atom stereocenters. The minimum absolute atomic E-state index is 0.337. The molecule has 1 heterocycles. The first-order chi connectivity index (χ1) is 12.4. The number of carbonyl (C=O) groups excluding carboxylic acids is 2. The van der Waals surface area contributed by atoms with E-state index < -0.39 is 5.91 Å². The van der Waals surface area contributed by atoms with Crippen LogP contribution in [0.3, 0.4) is 0 Å². The largest absolute Gasteiger partial charge is 0.497 e. The SMILES string of the molecule is COc1cc(OC)cc(C(=O)Nc2sc3c(c2C(N)=O)C[C@@H](C)CC3)c1. The van der Waals surface area contributed by atoms with Crippen molar-refractivity contribution in [3.63, 3.8) is 0 Å². The van der Waals surface area contributed by atoms with Crippen LogP contribution in [0, 0.1) is 5.92 Å². The normalized spacial score (nSPS) is 15.9. The first-order valence-corrected chi connectivity index (χ1v) is 9.23. The van der Waals surface area contributed by atoms with Crippen LogP contribution in [-0.2, 0) is 12.8 Å². The maximum atomic E-state index is 12.7. The quantitative estimate of drug-likeness (QED) is 0.840. The van der Waals surface area contributed by atoms with Gasteiger partial charge in [0, 0.05) is 16.5 Å². The van der Waals surface area contributed by atoms with Crippen molar-refractivity contribution in [2.24, 2.45) is 11.7 Å². The van der Waals surface area contributed by atoms with Crippen LogP contribution in [0.4, 0.5) is 5.00 Å². The van der Waals surface area contributed by atoms with Crippen molar-refractivity contribution in [2.45, 2.75) is 26.2 Å². The average Bonchev–Trinajstić information content (AvgIpc) is 2.98. The molecule has 26 heavy (non-hydrogen) atoms. The van der Waals surface area contributed by atoms with E-state index in [4.69, 9.17) is 15.2 Å². The number of carbonyl (C=O) groups is 2. The maximum absolute atomic E-state index is 12.7. The lowest BCUT2D eigenvalue weighted by atomic mass is 9.87. The topological polar surface area (TPSA) is 90.7 Å². The van der Waals surface area contributed by atoms with Gasteiger partial charge in [-0.15, -0.1) is 11.3 Å². The molecule has 1 aliphatic rings. The van der Waals surface area contributed by atoms with Gasteiger partial charge in [-0.05, 0) is 42.9 Å². The van der Waals surface area contributed by atoms with Crippen molar-refractivity contribution in [3.8, 4) is 11.5 Å². The lowest BCUT2D eigenvalue weighted by Gasteiger charge is -2.18. The summed E-state index contributed by atoms with van der Waals surface area (Å²) in [4.78, 5) is 25.9. The van der Waals surface area contributed by atoms with Gasteiger partial charge in [0.25, 0.3) is 11.8 Å². The van der Waals surface area contributed by atoms with Crippen LogP contribution in [0.25, 0.3) is 0 Å². The summed E-state index contributed by atoms with van der Waals surface area (Å²) in [6, 6.07) is 4.94. The number of primary amides is 1. The highest BCUT2D eigenvalue weighted by Gasteiger charge is 2.27. The number of aryl methyl sites for hydroxylation is 1. The highest BCUT2D eigenvalue weighted by atomic mass is 32.1. The lowest BCUT2D eigenvalue weighted by Crippen LogP contribution is -2.20. The number of thiophene rings is 1. The third-order valence-electron chi connectivity index (χ3n) is 4.59. The van der Waals surface area contributed by atoms with Crippen molar-refractivity contribution < 1.29 is 19.1 Å². The van der Waals surface area contributed by atoms with E-state index in [1.54, 1.807) is 18.2 Å². The number of benzene rings is 1. The zero-order valence-corrected chi connectivity index (χ0v) is 15.9. The van der Waals surface area contributed by atoms with Crippen LogP contribution >= 0.6 is 11.3 Å². The summed E-state index contributed by atoms with van der Waals surface area (Å²) in [5, 5.41) is 3.37. The van der Waals surface area contributed by atoms with Gasteiger partial charge in [-0.1, -0.05) is 6.92 Å². The maximum Gasteiger partial charge on any atom is 0.256 e. The highest BCUT2D eigenvalue weighted by Crippen LogP contribution is 2.39. The Balaban J connectivity index is 1.94. The number of methoxy groups -OCH3 is 2. The van der Waals surface area contributed by atoms with Crippen LogP contribution in [0.5, 0.6) is 11.5 Å². The second-order valence-corrected chi connectivity index (χ2v) is 7.58. The zero-order chi connectivity index (χ0) is 18.8. The molecule has 2 aromatic rings. The molecule has 0 saturated carbocycles. The Bertz CT molecular complexity index is 837. The minimum atomic E-state index is -0.505. The molecule has 138 valence electrons. The number of nitrogens with two attached hydrogens (primary N) is 1. The van der Waals surface area contributed by atoms with Crippen molar-refractivity contribution in [3.05, 3.63) is 39.8 Å². The van der Waals surface area contributed by atoms with E-state index in [2.05, 4.69) is 12.2 Å². The Morgan fingerprint density at radius 1 is 1.19 bits per heavy atom. The number of hydrogen-bond donors (Lipinski definition) is 2. The summed E-state index contributed by atoms with van der Waals surface area (Å²) in [5.74, 6) is 0.695. The smallest absolute Gasteiger partial charge is 0.256 e. The molecule has 1 aliphatic carbocycles. The molecule has 1 atom stereocenters. The summed E-state index contributed by atoms with van der Waals surface area (Å²) in [5.41, 5.74) is 7.43. The molecule has 7 heteroatoms. The third kappa shape index (κ3) is 3.53. The van der Waals surface area contributed by atoms with E-state index in [0.717, 1.165) is 29.7 Å². The Morgan fingerprint density at radius 2 is 1.85 bits per heavy atom. The standard InChI is InChI=1S/C19H22N2O4S/c1-10-4-5-15-14(6-10)16(17(20)22)19(26-15)21-18(23)11-7-12(24-2)9-13(8-11)25-3/h7-10H,4-6H2,1-3H3,(H2,20,22)(H,21,23)/t10-/m0/s1. The minimum Gasteiger partial charge on any atom is -0.497 e. The molecular formula is C19H22N2O4S.